The minimum Gasteiger partial charge on any atom is -0.483 e. The van der Waals surface area contributed by atoms with Crippen molar-refractivity contribution in [2.75, 3.05) is 11.9 Å². The number of benzene rings is 2. The number of hydrogen-bond donors (Lipinski definition) is 2. The number of halogens is 1. The van der Waals surface area contributed by atoms with E-state index >= 15 is 0 Å². The van der Waals surface area contributed by atoms with Crippen LogP contribution >= 0.6 is 15.9 Å². The van der Waals surface area contributed by atoms with E-state index in [0.717, 1.165) is 10.0 Å². The van der Waals surface area contributed by atoms with Crippen LogP contribution in [0.5, 0.6) is 5.75 Å². The first kappa shape index (κ1) is 16.0. The third-order valence-electron chi connectivity index (χ3n) is 2.91. The van der Waals surface area contributed by atoms with E-state index in [9.17, 15) is 9.59 Å². The molecule has 2 aromatic carbocycles. The Kier molecular flexibility index (Phi) is 5.16. The number of nitrogens with one attached hydrogen (secondary N) is 1. The molecule has 6 heteroatoms. The minimum absolute atomic E-state index is 0.122. The SMILES string of the molecule is Cc1cc(Br)ccc1OCC(=O)Nc1ccc(C(=O)O)cc1. The smallest absolute Gasteiger partial charge is 0.335 e. The highest BCUT2D eigenvalue weighted by atomic mass is 79.9. The summed E-state index contributed by atoms with van der Waals surface area (Å²) in [6, 6.07) is 11.4. The number of hydrogen-bond acceptors (Lipinski definition) is 3. The van der Waals surface area contributed by atoms with E-state index in [1.165, 1.54) is 24.3 Å². The maximum Gasteiger partial charge on any atom is 0.335 e. The van der Waals surface area contributed by atoms with Crippen LogP contribution in [0.3, 0.4) is 0 Å². The van der Waals surface area contributed by atoms with Gasteiger partial charge in [0.1, 0.15) is 5.75 Å². The Morgan fingerprint density at radius 3 is 2.45 bits per heavy atom. The van der Waals surface area contributed by atoms with Gasteiger partial charge in [0.2, 0.25) is 0 Å². The third-order valence-corrected chi connectivity index (χ3v) is 3.40. The van der Waals surface area contributed by atoms with Crippen molar-refractivity contribution in [1.82, 2.24) is 0 Å². The normalized spacial score (nSPS) is 10.1. The molecule has 2 aromatic rings. The second-order valence-corrected chi connectivity index (χ2v) is 5.54. The zero-order valence-corrected chi connectivity index (χ0v) is 13.4. The van der Waals surface area contributed by atoms with E-state index in [1.54, 1.807) is 6.07 Å². The number of rotatable bonds is 5. The molecule has 0 bridgehead atoms. The fourth-order valence-electron chi connectivity index (χ4n) is 1.81. The van der Waals surface area contributed by atoms with E-state index in [-0.39, 0.29) is 18.1 Å². The van der Waals surface area contributed by atoms with Crippen molar-refractivity contribution >= 4 is 33.5 Å². The van der Waals surface area contributed by atoms with Crippen molar-refractivity contribution in [2.45, 2.75) is 6.92 Å². The predicted molar refractivity (Wildman–Crippen MR) is 86.4 cm³/mol. The predicted octanol–water partition coefficient (Wildman–Crippen LogP) is 3.47. The largest absolute Gasteiger partial charge is 0.483 e. The zero-order chi connectivity index (χ0) is 16.1. The van der Waals surface area contributed by atoms with Crippen LogP contribution in [0.15, 0.2) is 46.9 Å². The van der Waals surface area contributed by atoms with Gasteiger partial charge in [-0.3, -0.25) is 4.79 Å². The fraction of sp³-hybridized carbons (Fsp3) is 0.125. The van der Waals surface area contributed by atoms with Crippen molar-refractivity contribution in [1.29, 1.82) is 0 Å². The quantitative estimate of drug-likeness (QED) is 0.852. The highest BCUT2D eigenvalue weighted by Crippen LogP contribution is 2.22. The second kappa shape index (κ2) is 7.09. The number of aryl methyl sites for hydroxylation is 1. The van der Waals surface area contributed by atoms with Crippen molar-refractivity contribution in [3.8, 4) is 5.75 Å². The monoisotopic (exact) mass is 363 g/mol. The van der Waals surface area contributed by atoms with Gasteiger partial charge in [0.15, 0.2) is 6.61 Å². The summed E-state index contributed by atoms with van der Waals surface area (Å²) < 4.78 is 6.41. The van der Waals surface area contributed by atoms with Gasteiger partial charge in [0, 0.05) is 10.2 Å². The van der Waals surface area contributed by atoms with Crippen LogP contribution < -0.4 is 10.1 Å². The molecule has 0 aromatic heterocycles. The molecule has 0 atom stereocenters. The topological polar surface area (TPSA) is 75.6 Å². The number of amides is 1. The highest BCUT2D eigenvalue weighted by Gasteiger charge is 2.07. The maximum atomic E-state index is 11.8. The van der Waals surface area contributed by atoms with Gasteiger partial charge in [-0.05, 0) is 55.0 Å². The Labute approximate surface area is 136 Å². The van der Waals surface area contributed by atoms with Crippen LogP contribution in [-0.4, -0.2) is 23.6 Å². The molecule has 5 nitrogen and oxygen atoms in total. The van der Waals surface area contributed by atoms with Crippen molar-refractivity contribution < 1.29 is 19.4 Å². The van der Waals surface area contributed by atoms with Crippen LogP contribution in [0.4, 0.5) is 5.69 Å². The molecule has 0 radical (unpaired) electrons. The Hall–Kier alpha value is -2.34. The molecule has 2 N–H and O–H groups in total. The van der Waals surface area contributed by atoms with Crippen LogP contribution in [0.1, 0.15) is 15.9 Å². The summed E-state index contributed by atoms with van der Waals surface area (Å²) >= 11 is 3.36. The molecule has 0 fully saturated rings. The number of anilines is 1. The number of ether oxygens (including phenoxy) is 1. The molecule has 1 amide bonds. The van der Waals surface area contributed by atoms with E-state index in [4.69, 9.17) is 9.84 Å². The highest BCUT2D eigenvalue weighted by molar-refractivity contribution is 9.10. The lowest BCUT2D eigenvalue weighted by Gasteiger charge is -2.10. The van der Waals surface area contributed by atoms with Crippen LogP contribution in [-0.2, 0) is 4.79 Å². The number of carbonyl (C=O) groups is 2. The van der Waals surface area contributed by atoms with Gasteiger partial charge in [-0.25, -0.2) is 4.79 Å². The summed E-state index contributed by atoms with van der Waals surface area (Å²) in [5.41, 5.74) is 1.61. The molecule has 0 saturated carbocycles. The number of carbonyl (C=O) groups excluding carboxylic acids is 1. The molecule has 0 saturated heterocycles. The molecule has 2 rings (SSSR count). The molecule has 0 spiro atoms. The van der Waals surface area contributed by atoms with Gasteiger partial charge >= 0.3 is 5.97 Å². The summed E-state index contributed by atoms with van der Waals surface area (Å²) in [5, 5.41) is 11.4. The maximum absolute atomic E-state index is 11.8. The summed E-state index contributed by atoms with van der Waals surface area (Å²) in [6.45, 7) is 1.77. The van der Waals surface area contributed by atoms with E-state index in [0.29, 0.717) is 11.4 Å². The van der Waals surface area contributed by atoms with Crippen molar-refractivity contribution in [2.24, 2.45) is 0 Å². The van der Waals surface area contributed by atoms with Gasteiger partial charge < -0.3 is 15.2 Å². The molecule has 0 unspecified atom stereocenters. The molecule has 114 valence electrons. The summed E-state index contributed by atoms with van der Waals surface area (Å²) in [6.07, 6.45) is 0. The first-order valence-electron chi connectivity index (χ1n) is 6.48. The van der Waals surface area contributed by atoms with E-state index in [2.05, 4.69) is 21.2 Å². The average molecular weight is 364 g/mol. The number of aromatic carboxylic acids is 1. The molecule has 22 heavy (non-hydrogen) atoms. The summed E-state index contributed by atoms with van der Waals surface area (Å²) in [7, 11) is 0. The van der Waals surface area contributed by atoms with Crippen molar-refractivity contribution in [3.05, 3.63) is 58.1 Å². The van der Waals surface area contributed by atoms with Crippen LogP contribution in [0.25, 0.3) is 0 Å². The third kappa shape index (κ3) is 4.33. The summed E-state index contributed by atoms with van der Waals surface area (Å²) in [5.74, 6) is -0.683. The van der Waals surface area contributed by atoms with E-state index < -0.39 is 5.97 Å². The lowest BCUT2D eigenvalue weighted by atomic mass is 10.2. The first-order chi connectivity index (χ1) is 10.5. The number of carboxylic acid groups (broad SMARTS) is 1. The Morgan fingerprint density at radius 2 is 1.86 bits per heavy atom. The van der Waals surface area contributed by atoms with Gasteiger partial charge in [0.05, 0.1) is 5.56 Å². The average Bonchev–Trinajstić information content (AvgIpc) is 2.47. The Morgan fingerprint density at radius 1 is 1.18 bits per heavy atom. The van der Waals surface area contributed by atoms with Crippen molar-refractivity contribution in [3.63, 3.8) is 0 Å². The Bertz CT molecular complexity index is 698. The molecular weight excluding hydrogens is 350 g/mol. The molecule has 0 heterocycles. The minimum atomic E-state index is -1.01. The van der Waals surface area contributed by atoms with Crippen LogP contribution in [0.2, 0.25) is 0 Å². The molecule has 0 aliphatic rings. The molecule has 0 aliphatic heterocycles. The molecular formula is C16H14BrNO4. The fourth-order valence-corrected chi connectivity index (χ4v) is 2.29. The summed E-state index contributed by atoms with van der Waals surface area (Å²) in [4.78, 5) is 22.6. The van der Waals surface area contributed by atoms with Gasteiger partial charge in [0.25, 0.3) is 5.91 Å². The zero-order valence-electron chi connectivity index (χ0n) is 11.8. The molecule has 0 aliphatic carbocycles. The first-order valence-corrected chi connectivity index (χ1v) is 7.27. The van der Waals surface area contributed by atoms with E-state index in [1.807, 2.05) is 19.1 Å². The lowest BCUT2D eigenvalue weighted by Crippen LogP contribution is -2.20. The second-order valence-electron chi connectivity index (χ2n) is 4.63. The number of carboxylic acids is 1. The van der Waals surface area contributed by atoms with Gasteiger partial charge in [-0.2, -0.15) is 0 Å². The Balaban J connectivity index is 1.91. The van der Waals surface area contributed by atoms with Gasteiger partial charge in [-0.15, -0.1) is 0 Å². The van der Waals surface area contributed by atoms with Gasteiger partial charge in [-0.1, -0.05) is 15.9 Å². The standard InChI is InChI=1S/C16H14BrNO4/c1-10-8-12(17)4-7-14(10)22-9-15(19)18-13-5-2-11(3-6-13)16(20)21/h2-8H,9H2,1H3,(H,18,19)(H,20,21). The lowest BCUT2D eigenvalue weighted by molar-refractivity contribution is -0.118. The van der Waals surface area contributed by atoms with Crippen LogP contribution in [0, 0.1) is 6.92 Å².